The summed E-state index contributed by atoms with van der Waals surface area (Å²) in [6.07, 6.45) is 3.69. The molecule has 1 aliphatic rings. The number of halogens is 1. The number of hydrogen-bond donors (Lipinski definition) is 1. The first kappa shape index (κ1) is 8.72. The van der Waals surface area contributed by atoms with E-state index in [4.69, 9.17) is 11.6 Å². The molecule has 2 heterocycles. The van der Waals surface area contributed by atoms with E-state index in [2.05, 4.69) is 9.97 Å². The monoisotopic (exact) mass is 199 g/mol. The van der Waals surface area contributed by atoms with Crippen LogP contribution in [0.5, 0.6) is 0 Å². The van der Waals surface area contributed by atoms with Crippen LogP contribution in [0, 0.1) is 0 Å². The van der Waals surface area contributed by atoms with Crippen molar-refractivity contribution in [3.05, 3.63) is 17.5 Å². The standard InChI is InChI=1S/C8H10ClN3O/c9-7-3-10-4-8(11-7)12-2-1-6(13)5-12/h3-4,6,13H,1-2,5H2/t6-/m0/s1. The molecule has 1 N–H and O–H groups in total. The van der Waals surface area contributed by atoms with Crippen molar-refractivity contribution in [3.8, 4) is 0 Å². The Morgan fingerprint density at radius 1 is 1.54 bits per heavy atom. The highest BCUT2D eigenvalue weighted by Crippen LogP contribution is 2.18. The minimum absolute atomic E-state index is 0.249. The molecule has 0 amide bonds. The zero-order valence-corrected chi connectivity index (χ0v) is 7.78. The second-order valence-corrected chi connectivity index (χ2v) is 3.48. The number of anilines is 1. The van der Waals surface area contributed by atoms with E-state index in [0.29, 0.717) is 11.7 Å². The van der Waals surface area contributed by atoms with Crippen LogP contribution in [0.15, 0.2) is 12.4 Å². The molecule has 1 atom stereocenters. The zero-order chi connectivity index (χ0) is 9.26. The van der Waals surface area contributed by atoms with Gasteiger partial charge in [-0.2, -0.15) is 0 Å². The van der Waals surface area contributed by atoms with Gasteiger partial charge in [0.05, 0.1) is 18.5 Å². The quantitative estimate of drug-likeness (QED) is 0.724. The SMILES string of the molecule is O[C@H]1CCN(c2cncc(Cl)n2)C1. The topological polar surface area (TPSA) is 49.2 Å². The maximum atomic E-state index is 9.31. The summed E-state index contributed by atoms with van der Waals surface area (Å²) in [5.41, 5.74) is 0. The van der Waals surface area contributed by atoms with Crippen LogP contribution >= 0.6 is 11.6 Å². The van der Waals surface area contributed by atoms with E-state index in [1.807, 2.05) is 4.90 Å². The van der Waals surface area contributed by atoms with E-state index in [1.165, 1.54) is 6.20 Å². The molecule has 70 valence electrons. The highest BCUT2D eigenvalue weighted by atomic mass is 35.5. The predicted octanol–water partition coefficient (Wildman–Crippen LogP) is 0.701. The van der Waals surface area contributed by atoms with Crippen molar-refractivity contribution in [2.24, 2.45) is 0 Å². The smallest absolute Gasteiger partial charge is 0.149 e. The summed E-state index contributed by atoms with van der Waals surface area (Å²) in [7, 11) is 0. The first-order valence-electron chi connectivity index (χ1n) is 4.16. The Morgan fingerprint density at radius 3 is 3.00 bits per heavy atom. The molecule has 1 aromatic rings. The van der Waals surface area contributed by atoms with Gasteiger partial charge in [-0.1, -0.05) is 11.6 Å². The van der Waals surface area contributed by atoms with Crippen molar-refractivity contribution in [1.82, 2.24) is 9.97 Å². The molecule has 0 aromatic carbocycles. The molecule has 0 spiro atoms. The maximum absolute atomic E-state index is 9.31. The van der Waals surface area contributed by atoms with Crippen molar-refractivity contribution in [3.63, 3.8) is 0 Å². The van der Waals surface area contributed by atoms with Gasteiger partial charge in [-0.05, 0) is 6.42 Å². The normalized spacial score (nSPS) is 22.3. The fraction of sp³-hybridized carbons (Fsp3) is 0.500. The lowest BCUT2D eigenvalue weighted by Gasteiger charge is -2.15. The Bertz CT molecular complexity index is 307. The van der Waals surface area contributed by atoms with Gasteiger partial charge in [0.25, 0.3) is 0 Å². The van der Waals surface area contributed by atoms with E-state index >= 15 is 0 Å². The number of hydrogen-bond acceptors (Lipinski definition) is 4. The summed E-state index contributed by atoms with van der Waals surface area (Å²) in [5, 5.41) is 9.70. The number of nitrogens with zero attached hydrogens (tertiary/aromatic N) is 3. The highest BCUT2D eigenvalue weighted by molar-refractivity contribution is 6.29. The lowest BCUT2D eigenvalue weighted by atomic mass is 10.3. The molecule has 4 nitrogen and oxygen atoms in total. The van der Waals surface area contributed by atoms with E-state index in [-0.39, 0.29) is 6.10 Å². The van der Waals surface area contributed by atoms with Crippen molar-refractivity contribution in [2.75, 3.05) is 18.0 Å². The van der Waals surface area contributed by atoms with Crippen LogP contribution in [0.2, 0.25) is 5.15 Å². The fourth-order valence-corrected chi connectivity index (χ4v) is 1.58. The van der Waals surface area contributed by atoms with Crippen molar-refractivity contribution in [1.29, 1.82) is 0 Å². The average Bonchev–Trinajstić information content (AvgIpc) is 2.52. The van der Waals surface area contributed by atoms with Gasteiger partial charge in [0.2, 0.25) is 0 Å². The van der Waals surface area contributed by atoms with Crippen LogP contribution in [0.4, 0.5) is 5.82 Å². The van der Waals surface area contributed by atoms with Crippen LogP contribution in [-0.2, 0) is 0 Å². The van der Waals surface area contributed by atoms with Gasteiger partial charge in [0.15, 0.2) is 0 Å². The number of aromatic nitrogens is 2. The average molecular weight is 200 g/mol. The summed E-state index contributed by atoms with van der Waals surface area (Å²) in [6, 6.07) is 0. The van der Waals surface area contributed by atoms with Gasteiger partial charge < -0.3 is 10.0 Å². The predicted molar refractivity (Wildman–Crippen MR) is 49.9 cm³/mol. The minimum atomic E-state index is -0.249. The fourth-order valence-electron chi connectivity index (χ4n) is 1.43. The van der Waals surface area contributed by atoms with Crippen LogP contribution in [-0.4, -0.2) is 34.3 Å². The maximum Gasteiger partial charge on any atom is 0.149 e. The second kappa shape index (κ2) is 3.47. The number of β-amino-alcohol motifs (C(OH)–C–C–N with tert-alkyl or cyclic N) is 1. The van der Waals surface area contributed by atoms with E-state index < -0.39 is 0 Å². The van der Waals surface area contributed by atoms with Gasteiger partial charge in [0, 0.05) is 13.1 Å². The first-order chi connectivity index (χ1) is 6.25. The van der Waals surface area contributed by atoms with Gasteiger partial charge in [0.1, 0.15) is 11.0 Å². The third kappa shape index (κ3) is 1.89. The summed E-state index contributed by atoms with van der Waals surface area (Å²) in [4.78, 5) is 10.0. The minimum Gasteiger partial charge on any atom is -0.391 e. The lowest BCUT2D eigenvalue weighted by molar-refractivity contribution is 0.198. The van der Waals surface area contributed by atoms with Gasteiger partial charge in [-0.15, -0.1) is 0 Å². The van der Waals surface area contributed by atoms with Crippen molar-refractivity contribution >= 4 is 17.4 Å². The van der Waals surface area contributed by atoms with Gasteiger partial charge in [-0.25, -0.2) is 4.98 Å². The molecule has 1 fully saturated rings. The van der Waals surface area contributed by atoms with Crippen LogP contribution in [0.3, 0.4) is 0 Å². The molecule has 1 aliphatic heterocycles. The van der Waals surface area contributed by atoms with E-state index in [0.717, 1.165) is 18.8 Å². The molecular formula is C8H10ClN3O. The third-order valence-corrected chi connectivity index (χ3v) is 2.26. The molecule has 2 rings (SSSR count). The number of aliphatic hydroxyl groups excluding tert-OH is 1. The first-order valence-corrected chi connectivity index (χ1v) is 4.54. The van der Waals surface area contributed by atoms with Crippen molar-refractivity contribution in [2.45, 2.75) is 12.5 Å². The summed E-state index contributed by atoms with van der Waals surface area (Å²) < 4.78 is 0. The second-order valence-electron chi connectivity index (χ2n) is 3.09. The Balaban J connectivity index is 2.16. The van der Waals surface area contributed by atoms with Gasteiger partial charge >= 0.3 is 0 Å². The van der Waals surface area contributed by atoms with E-state index in [9.17, 15) is 5.11 Å². The summed E-state index contributed by atoms with van der Waals surface area (Å²) in [5.74, 6) is 0.740. The molecule has 0 aliphatic carbocycles. The number of aliphatic hydroxyl groups is 1. The molecule has 0 unspecified atom stereocenters. The van der Waals surface area contributed by atoms with Crippen LogP contribution in [0.25, 0.3) is 0 Å². The Kier molecular flexibility index (Phi) is 2.33. The van der Waals surface area contributed by atoms with Crippen molar-refractivity contribution < 1.29 is 5.11 Å². The molecular weight excluding hydrogens is 190 g/mol. The Labute approximate surface area is 81.2 Å². The third-order valence-electron chi connectivity index (χ3n) is 2.08. The molecule has 0 saturated carbocycles. The van der Waals surface area contributed by atoms with Crippen LogP contribution < -0.4 is 4.90 Å². The highest BCUT2D eigenvalue weighted by Gasteiger charge is 2.21. The lowest BCUT2D eigenvalue weighted by Crippen LogP contribution is -2.22. The summed E-state index contributed by atoms with van der Waals surface area (Å²) in [6.45, 7) is 1.44. The molecule has 0 radical (unpaired) electrons. The number of rotatable bonds is 1. The van der Waals surface area contributed by atoms with Crippen LogP contribution in [0.1, 0.15) is 6.42 Å². The zero-order valence-electron chi connectivity index (χ0n) is 7.02. The van der Waals surface area contributed by atoms with Gasteiger partial charge in [-0.3, -0.25) is 4.98 Å². The largest absolute Gasteiger partial charge is 0.391 e. The van der Waals surface area contributed by atoms with E-state index in [1.54, 1.807) is 6.20 Å². The molecule has 5 heteroatoms. The molecule has 0 bridgehead atoms. The summed E-state index contributed by atoms with van der Waals surface area (Å²) >= 11 is 5.70. The molecule has 1 saturated heterocycles. The molecule has 1 aromatic heterocycles. The molecule has 13 heavy (non-hydrogen) atoms. The Hall–Kier alpha value is -0.870. The Morgan fingerprint density at radius 2 is 2.38 bits per heavy atom.